The van der Waals surface area contributed by atoms with Crippen molar-refractivity contribution in [2.75, 3.05) is 33.5 Å². The maximum absolute atomic E-state index is 13.6. The van der Waals surface area contributed by atoms with Gasteiger partial charge in [-0.05, 0) is 82.5 Å². The first-order chi connectivity index (χ1) is 27.6. The Morgan fingerprint density at radius 3 is 2.00 bits per heavy atom. The summed E-state index contributed by atoms with van der Waals surface area (Å²) in [5, 5.41) is 11.8. The Hall–Kier alpha value is -4.57. The summed E-state index contributed by atoms with van der Waals surface area (Å²) in [4.78, 5) is 40.9. The van der Waals surface area contributed by atoms with E-state index in [1.807, 2.05) is 107 Å². The van der Waals surface area contributed by atoms with Crippen molar-refractivity contribution in [2.24, 2.45) is 5.92 Å². The molecule has 0 spiro atoms. The molecule has 2 heterocycles. The molecule has 13 nitrogen and oxygen atoms in total. The van der Waals surface area contributed by atoms with Crippen molar-refractivity contribution in [1.29, 1.82) is 5.26 Å². The van der Waals surface area contributed by atoms with Crippen LogP contribution in [0.1, 0.15) is 78.0 Å². The molecule has 0 saturated carbocycles. The van der Waals surface area contributed by atoms with Gasteiger partial charge in [0.15, 0.2) is 0 Å². The third-order valence-electron chi connectivity index (χ3n) is 10.3. The maximum Gasteiger partial charge on any atom is 0.326 e. The molecule has 3 aromatic carbocycles. The van der Waals surface area contributed by atoms with Crippen molar-refractivity contribution in [3.8, 4) is 17.6 Å². The highest BCUT2D eigenvalue weighted by Crippen LogP contribution is 2.49. The first-order valence-corrected chi connectivity index (χ1v) is 21.1. The van der Waals surface area contributed by atoms with Crippen LogP contribution in [-0.4, -0.2) is 97.1 Å². The van der Waals surface area contributed by atoms with Gasteiger partial charge in [-0.2, -0.15) is 5.26 Å². The fraction of sp³-hybridized carbons (Fsp3) is 0.500. The predicted molar refractivity (Wildman–Crippen MR) is 220 cm³/mol. The minimum Gasteiger partial charge on any atom is -0.497 e. The number of nitriles is 1. The molecule has 0 aromatic heterocycles. The first-order valence-electron chi connectivity index (χ1n) is 19.7. The Kier molecular flexibility index (Phi) is 14.9. The third-order valence-corrected chi connectivity index (χ3v) is 12.8. The topological polar surface area (TPSA) is 149 Å². The molecule has 2 aliphatic rings. The van der Waals surface area contributed by atoms with E-state index in [2.05, 4.69) is 16.1 Å². The SMILES string of the molecule is COc1ccc(C(OC[C@H]2O[C@@H](N3CC(C)C(=O)NC3=O)C[C@@H]2OP(CC(=O)OC(C)(C)CC#N)N(C(C)C)C(C)C)(c2ccccc2)c2ccc(OC)cc2)cc1. The van der Waals surface area contributed by atoms with Gasteiger partial charge >= 0.3 is 12.0 Å². The summed E-state index contributed by atoms with van der Waals surface area (Å²) in [6.07, 6.45) is -1.91. The van der Waals surface area contributed by atoms with Gasteiger partial charge in [-0.3, -0.25) is 24.5 Å². The molecule has 5 atom stereocenters. The van der Waals surface area contributed by atoms with Gasteiger partial charge in [-0.25, -0.2) is 4.79 Å². The second kappa shape index (κ2) is 19.5. The van der Waals surface area contributed by atoms with Gasteiger partial charge in [-0.1, -0.05) is 61.5 Å². The average molecular weight is 817 g/mol. The minimum absolute atomic E-state index is 0.00421. The van der Waals surface area contributed by atoms with E-state index in [0.29, 0.717) is 11.5 Å². The Morgan fingerprint density at radius 1 is 0.931 bits per heavy atom. The van der Waals surface area contributed by atoms with Crippen molar-refractivity contribution in [3.05, 3.63) is 95.6 Å². The summed E-state index contributed by atoms with van der Waals surface area (Å²) >= 11 is 0. The van der Waals surface area contributed by atoms with Crippen LogP contribution >= 0.6 is 8.30 Å². The van der Waals surface area contributed by atoms with E-state index in [1.165, 1.54) is 4.90 Å². The van der Waals surface area contributed by atoms with Crippen LogP contribution in [0.25, 0.3) is 0 Å². The number of carbonyl (C=O) groups is 3. The van der Waals surface area contributed by atoms with Crippen LogP contribution in [0.5, 0.6) is 11.5 Å². The molecule has 0 aliphatic carbocycles. The van der Waals surface area contributed by atoms with E-state index in [1.54, 1.807) is 35.0 Å². The zero-order chi connectivity index (χ0) is 42.2. The number of nitrogens with zero attached hydrogens (tertiary/aromatic N) is 3. The average Bonchev–Trinajstić information content (AvgIpc) is 3.58. The highest BCUT2D eigenvalue weighted by Gasteiger charge is 2.48. The number of ether oxygens (including phenoxy) is 5. The lowest BCUT2D eigenvalue weighted by atomic mass is 9.80. The number of esters is 1. The highest BCUT2D eigenvalue weighted by atomic mass is 31.2. The normalized spacial score (nSPS) is 20.6. The van der Waals surface area contributed by atoms with E-state index in [-0.39, 0.29) is 50.1 Å². The lowest BCUT2D eigenvalue weighted by Gasteiger charge is -2.40. The molecular formula is C44H57N4O9P. The number of methoxy groups -OCH3 is 2. The molecule has 2 saturated heterocycles. The molecule has 2 aliphatic heterocycles. The molecular weight excluding hydrogens is 759 g/mol. The van der Waals surface area contributed by atoms with E-state index in [4.69, 9.17) is 28.2 Å². The van der Waals surface area contributed by atoms with Crippen molar-refractivity contribution < 1.29 is 42.6 Å². The van der Waals surface area contributed by atoms with Gasteiger partial charge < -0.3 is 28.2 Å². The zero-order valence-corrected chi connectivity index (χ0v) is 35.9. The number of hydrogen-bond donors (Lipinski definition) is 1. The summed E-state index contributed by atoms with van der Waals surface area (Å²) in [6.45, 7) is 13.5. The molecule has 3 aromatic rings. The summed E-state index contributed by atoms with van der Waals surface area (Å²) in [5.41, 5.74) is 0.365. The quantitative estimate of drug-likeness (QED) is 0.0780. The number of hydrogen-bond acceptors (Lipinski definition) is 11. The Labute approximate surface area is 343 Å². The van der Waals surface area contributed by atoms with Crippen LogP contribution in [0.3, 0.4) is 0 Å². The summed E-state index contributed by atoms with van der Waals surface area (Å²) in [7, 11) is 1.59. The van der Waals surface area contributed by atoms with E-state index < -0.39 is 55.9 Å². The van der Waals surface area contributed by atoms with Crippen LogP contribution in [0.4, 0.5) is 4.79 Å². The van der Waals surface area contributed by atoms with Crippen LogP contribution in [0.15, 0.2) is 78.9 Å². The monoisotopic (exact) mass is 816 g/mol. The van der Waals surface area contributed by atoms with Crippen molar-refractivity contribution >= 4 is 26.2 Å². The minimum atomic E-state index is -1.65. The number of amides is 3. The largest absolute Gasteiger partial charge is 0.497 e. The third kappa shape index (κ3) is 10.3. The molecule has 3 amide bonds. The molecule has 5 rings (SSSR count). The predicted octanol–water partition coefficient (Wildman–Crippen LogP) is 7.37. The molecule has 2 fully saturated rings. The van der Waals surface area contributed by atoms with Gasteiger partial charge in [0.1, 0.15) is 49.5 Å². The van der Waals surface area contributed by atoms with Crippen molar-refractivity contribution in [2.45, 2.75) is 103 Å². The van der Waals surface area contributed by atoms with Crippen LogP contribution < -0.4 is 14.8 Å². The fourth-order valence-electron chi connectivity index (χ4n) is 7.56. The Bertz CT molecular complexity index is 1830. The van der Waals surface area contributed by atoms with Crippen LogP contribution in [-0.2, 0) is 33.9 Å². The second-order valence-electron chi connectivity index (χ2n) is 15.8. The standard InChI is InChI=1S/C44H57N4O9P/c1-29(2)48(30(3)4)58(28-40(49)56-43(6,7)23-24-45)57-37-25-39(47-26-31(5)41(50)46-42(47)51)55-38(37)27-54-44(32-13-11-10-12-14-32,33-15-19-35(52-8)20-16-33)34-17-21-36(53-9)22-18-34/h10-22,29-31,37-39H,23,25-28H2,1-9H3,(H,46,50,51)/t31?,37-,38+,39+,58?/m0/s1. The summed E-state index contributed by atoms with van der Waals surface area (Å²) in [5.74, 6) is 0.0976. The lowest BCUT2D eigenvalue weighted by Crippen LogP contribution is -2.57. The number of rotatable bonds is 18. The van der Waals surface area contributed by atoms with Gasteiger partial charge in [0.05, 0.1) is 45.3 Å². The molecule has 58 heavy (non-hydrogen) atoms. The molecule has 312 valence electrons. The van der Waals surface area contributed by atoms with Gasteiger partial charge in [-0.15, -0.1) is 0 Å². The summed E-state index contributed by atoms with van der Waals surface area (Å²) in [6, 6.07) is 26.9. The van der Waals surface area contributed by atoms with E-state index in [0.717, 1.165) is 16.7 Å². The molecule has 1 N–H and O–H groups in total. The highest BCUT2D eigenvalue weighted by molar-refractivity contribution is 7.51. The molecule has 14 heteroatoms. The van der Waals surface area contributed by atoms with Gasteiger partial charge in [0, 0.05) is 25.0 Å². The Balaban J connectivity index is 1.58. The fourth-order valence-corrected chi connectivity index (χ4v) is 9.76. The molecule has 0 bridgehead atoms. The molecule has 0 radical (unpaired) electrons. The number of carbonyl (C=O) groups excluding carboxylic acids is 3. The van der Waals surface area contributed by atoms with Crippen molar-refractivity contribution in [3.63, 3.8) is 0 Å². The smallest absolute Gasteiger partial charge is 0.326 e. The van der Waals surface area contributed by atoms with E-state index in [9.17, 15) is 19.6 Å². The Morgan fingerprint density at radius 2 is 1.48 bits per heavy atom. The van der Waals surface area contributed by atoms with Crippen molar-refractivity contribution in [1.82, 2.24) is 14.9 Å². The zero-order valence-electron chi connectivity index (χ0n) is 35.0. The van der Waals surface area contributed by atoms with Crippen LogP contribution in [0.2, 0.25) is 0 Å². The first kappa shape index (κ1) is 44.5. The number of nitrogens with one attached hydrogen (secondary N) is 1. The van der Waals surface area contributed by atoms with Crippen LogP contribution in [0, 0.1) is 17.2 Å². The van der Waals surface area contributed by atoms with E-state index >= 15 is 0 Å². The maximum atomic E-state index is 13.6. The lowest BCUT2D eigenvalue weighted by molar-refractivity contribution is -0.152. The number of imide groups is 1. The molecule has 2 unspecified atom stereocenters. The number of benzene rings is 3. The summed E-state index contributed by atoms with van der Waals surface area (Å²) < 4.78 is 40.1. The van der Waals surface area contributed by atoms with Gasteiger partial charge in [0.25, 0.3) is 0 Å². The van der Waals surface area contributed by atoms with Gasteiger partial charge in [0.2, 0.25) is 5.91 Å². The second-order valence-corrected chi connectivity index (χ2v) is 17.5. The number of urea groups is 1.